The van der Waals surface area contributed by atoms with E-state index in [0.717, 1.165) is 17.7 Å². The molecule has 1 saturated carbocycles. The zero-order valence-corrected chi connectivity index (χ0v) is 14.2. The summed E-state index contributed by atoms with van der Waals surface area (Å²) in [6.45, 7) is 4.30. The largest absolute Gasteiger partial charge is 0.493 e. The van der Waals surface area contributed by atoms with E-state index < -0.39 is 0 Å². The molecule has 23 heavy (non-hydrogen) atoms. The number of hydrazone groups is 1. The van der Waals surface area contributed by atoms with Crippen LogP contribution in [0.4, 0.5) is 0 Å². The average molecular weight is 316 g/mol. The summed E-state index contributed by atoms with van der Waals surface area (Å²) in [5.41, 5.74) is 5.24. The molecule has 1 aliphatic heterocycles. The Balaban J connectivity index is 1.78. The zero-order valence-electron chi connectivity index (χ0n) is 14.2. The molecule has 0 spiro atoms. The third-order valence-electron chi connectivity index (χ3n) is 4.74. The molecular formula is C18H24N2O3. The first kappa shape index (κ1) is 15.8. The summed E-state index contributed by atoms with van der Waals surface area (Å²) in [4.78, 5) is 12.6. The van der Waals surface area contributed by atoms with Crippen molar-refractivity contribution in [2.24, 2.45) is 16.4 Å². The average Bonchev–Trinajstić information content (AvgIpc) is 2.88. The van der Waals surface area contributed by atoms with Crippen LogP contribution in [-0.2, 0) is 11.2 Å². The molecule has 0 bridgehead atoms. The molecule has 5 nitrogen and oxygen atoms in total. The number of carbonyl (C=O) groups is 1. The second kappa shape index (κ2) is 5.87. The van der Waals surface area contributed by atoms with Crippen molar-refractivity contribution in [2.45, 2.75) is 39.2 Å². The molecule has 1 aromatic rings. The van der Waals surface area contributed by atoms with Gasteiger partial charge in [-0.15, -0.1) is 0 Å². The molecule has 2 atom stereocenters. The van der Waals surface area contributed by atoms with Crippen LogP contribution in [0.15, 0.2) is 23.3 Å². The zero-order chi connectivity index (χ0) is 16.6. The van der Waals surface area contributed by atoms with Crippen LogP contribution in [0.5, 0.6) is 11.5 Å². The number of nitrogens with one attached hydrogen (secondary N) is 1. The Labute approximate surface area is 137 Å². The van der Waals surface area contributed by atoms with E-state index in [9.17, 15) is 4.79 Å². The van der Waals surface area contributed by atoms with Crippen molar-refractivity contribution in [2.75, 3.05) is 14.2 Å². The van der Waals surface area contributed by atoms with Crippen molar-refractivity contribution in [3.05, 3.63) is 23.8 Å². The summed E-state index contributed by atoms with van der Waals surface area (Å²) in [5, 5.41) is 4.46. The van der Waals surface area contributed by atoms with Crippen LogP contribution >= 0.6 is 0 Å². The van der Waals surface area contributed by atoms with Gasteiger partial charge in [-0.05, 0) is 29.5 Å². The number of fused-ring (bicyclic) bond motifs is 1. The Morgan fingerprint density at radius 3 is 2.70 bits per heavy atom. The summed E-state index contributed by atoms with van der Waals surface area (Å²) >= 11 is 0. The van der Waals surface area contributed by atoms with Gasteiger partial charge in [-0.25, -0.2) is 0 Å². The number of rotatable bonds is 4. The van der Waals surface area contributed by atoms with Gasteiger partial charge in [0.05, 0.1) is 31.9 Å². The number of nitrogens with zero attached hydrogens (tertiary/aromatic N) is 1. The Kier molecular flexibility index (Phi) is 4.04. The van der Waals surface area contributed by atoms with Crippen molar-refractivity contribution in [1.29, 1.82) is 0 Å². The monoisotopic (exact) mass is 316 g/mol. The number of Topliss-reactive ketones (excluding diaryl/α,β-unsaturated/α-hetero) is 1. The maximum atomic E-state index is 12.6. The van der Waals surface area contributed by atoms with Crippen LogP contribution in [0.3, 0.4) is 0 Å². The molecule has 1 N–H and O–H groups in total. The Bertz CT molecular complexity index is 652. The second-order valence-corrected chi connectivity index (χ2v) is 7.19. The van der Waals surface area contributed by atoms with E-state index in [-0.39, 0.29) is 17.4 Å². The van der Waals surface area contributed by atoms with E-state index >= 15 is 0 Å². The minimum Gasteiger partial charge on any atom is -0.493 e. The highest BCUT2D eigenvalue weighted by molar-refractivity contribution is 6.08. The number of carbonyl (C=O) groups excluding carboxylic acids is 1. The molecule has 1 aromatic carbocycles. The van der Waals surface area contributed by atoms with E-state index in [1.165, 1.54) is 0 Å². The number of benzene rings is 1. The molecule has 0 saturated heterocycles. The van der Waals surface area contributed by atoms with Gasteiger partial charge in [0, 0.05) is 12.8 Å². The Hall–Kier alpha value is -2.04. The topological polar surface area (TPSA) is 59.9 Å². The van der Waals surface area contributed by atoms with Crippen molar-refractivity contribution in [3.63, 3.8) is 0 Å². The molecule has 0 radical (unpaired) electrons. The van der Waals surface area contributed by atoms with Crippen LogP contribution in [0.2, 0.25) is 0 Å². The summed E-state index contributed by atoms with van der Waals surface area (Å²) < 4.78 is 10.6. The minimum absolute atomic E-state index is 0.0551. The minimum atomic E-state index is -0.0869. The molecule has 1 aliphatic carbocycles. The van der Waals surface area contributed by atoms with Crippen LogP contribution in [0.1, 0.15) is 32.3 Å². The van der Waals surface area contributed by atoms with Crippen molar-refractivity contribution >= 4 is 11.5 Å². The van der Waals surface area contributed by atoms with Crippen LogP contribution < -0.4 is 14.9 Å². The van der Waals surface area contributed by atoms with Gasteiger partial charge in [0.1, 0.15) is 5.78 Å². The maximum absolute atomic E-state index is 12.6. The predicted octanol–water partition coefficient (Wildman–Crippen LogP) is 2.58. The highest BCUT2D eigenvalue weighted by Gasteiger charge is 2.45. The molecule has 5 heteroatoms. The molecule has 0 amide bonds. The van der Waals surface area contributed by atoms with Gasteiger partial charge in [0.2, 0.25) is 0 Å². The Morgan fingerprint density at radius 2 is 2.00 bits per heavy atom. The van der Waals surface area contributed by atoms with Gasteiger partial charge >= 0.3 is 0 Å². The second-order valence-electron chi connectivity index (χ2n) is 7.19. The van der Waals surface area contributed by atoms with Gasteiger partial charge < -0.3 is 14.9 Å². The lowest BCUT2D eigenvalue weighted by atomic mass is 9.68. The maximum Gasteiger partial charge on any atom is 0.160 e. The molecule has 2 aliphatic rings. The molecule has 0 aromatic heterocycles. The number of ether oxygens (including phenoxy) is 2. The highest BCUT2D eigenvalue weighted by atomic mass is 16.5. The fraction of sp³-hybridized carbons (Fsp3) is 0.556. The first-order valence-electron chi connectivity index (χ1n) is 7.99. The summed E-state index contributed by atoms with van der Waals surface area (Å²) in [5.74, 6) is 1.62. The Morgan fingerprint density at radius 1 is 1.26 bits per heavy atom. The number of ketones is 1. The number of hydrogen-bond donors (Lipinski definition) is 1. The summed E-state index contributed by atoms with van der Waals surface area (Å²) in [6.07, 6.45) is 2.25. The van der Waals surface area contributed by atoms with Crippen molar-refractivity contribution in [1.82, 2.24) is 5.43 Å². The number of methoxy groups -OCH3 is 2. The van der Waals surface area contributed by atoms with E-state index in [0.29, 0.717) is 30.1 Å². The molecule has 3 rings (SSSR count). The normalized spacial score (nSPS) is 25.4. The fourth-order valence-electron chi connectivity index (χ4n) is 3.71. The smallest absolute Gasteiger partial charge is 0.160 e. The quantitative estimate of drug-likeness (QED) is 0.927. The van der Waals surface area contributed by atoms with Crippen LogP contribution in [-0.4, -0.2) is 31.8 Å². The molecular weight excluding hydrogens is 292 g/mol. The van der Waals surface area contributed by atoms with Crippen molar-refractivity contribution in [3.8, 4) is 11.5 Å². The first-order chi connectivity index (χ1) is 10.9. The molecule has 124 valence electrons. The van der Waals surface area contributed by atoms with Gasteiger partial charge in [0.15, 0.2) is 11.5 Å². The summed E-state index contributed by atoms with van der Waals surface area (Å²) in [6, 6.07) is 5.97. The fourth-order valence-corrected chi connectivity index (χ4v) is 3.71. The highest BCUT2D eigenvalue weighted by Crippen LogP contribution is 2.39. The van der Waals surface area contributed by atoms with Crippen LogP contribution in [0, 0.1) is 11.3 Å². The van der Waals surface area contributed by atoms with Gasteiger partial charge in [-0.1, -0.05) is 19.9 Å². The van der Waals surface area contributed by atoms with Gasteiger partial charge in [0.25, 0.3) is 0 Å². The standard InChI is InChI=1S/C18H24N2O3/c1-18(2)9-13-17(14(21)10-18)12(19-20-13)7-11-5-6-15(22-3)16(8-11)23-4/h5-6,8,13,17,20H,7,9-10H2,1-4H3. The first-order valence-corrected chi connectivity index (χ1v) is 7.99. The van der Waals surface area contributed by atoms with Crippen LogP contribution in [0.25, 0.3) is 0 Å². The van der Waals surface area contributed by atoms with Crippen molar-refractivity contribution < 1.29 is 14.3 Å². The third-order valence-corrected chi connectivity index (χ3v) is 4.74. The van der Waals surface area contributed by atoms with E-state index in [1.54, 1.807) is 14.2 Å². The predicted molar refractivity (Wildman–Crippen MR) is 89.1 cm³/mol. The third kappa shape index (κ3) is 3.05. The molecule has 1 heterocycles. The SMILES string of the molecule is COc1ccc(CC2=NNC3CC(C)(C)CC(=O)C23)cc1OC. The van der Waals surface area contributed by atoms with E-state index in [1.807, 2.05) is 18.2 Å². The van der Waals surface area contributed by atoms with E-state index in [2.05, 4.69) is 24.4 Å². The lowest BCUT2D eigenvalue weighted by Crippen LogP contribution is -2.45. The van der Waals surface area contributed by atoms with Gasteiger partial charge in [-0.2, -0.15) is 5.10 Å². The van der Waals surface area contributed by atoms with Gasteiger partial charge in [-0.3, -0.25) is 4.79 Å². The summed E-state index contributed by atoms with van der Waals surface area (Å²) in [7, 11) is 3.24. The number of hydrogen-bond acceptors (Lipinski definition) is 5. The molecule has 1 fully saturated rings. The lowest BCUT2D eigenvalue weighted by Gasteiger charge is -2.36. The van der Waals surface area contributed by atoms with E-state index in [4.69, 9.17) is 9.47 Å². The lowest BCUT2D eigenvalue weighted by molar-refractivity contribution is -0.126. The molecule has 2 unspecified atom stereocenters.